The molecule has 0 fully saturated rings. The lowest BCUT2D eigenvalue weighted by molar-refractivity contribution is -0.119. The quantitative estimate of drug-likeness (QED) is 0.786. The number of aromatic nitrogens is 1. The summed E-state index contributed by atoms with van der Waals surface area (Å²) in [6.07, 6.45) is -2.09. The number of rotatable bonds is 5. The number of benzene rings is 1. The van der Waals surface area contributed by atoms with Crippen molar-refractivity contribution in [2.75, 3.05) is 6.54 Å². The zero-order valence-electron chi connectivity index (χ0n) is 13.1. The number of nitrogens with one attached hydrogen (secondary N) is 1. The van der Waals surface area contributed by atoms with Gasteiger partial charge < -0.3 is 20.1 Å². The maximum atomic E-state index is 10.9. The summed E-state index contributed by atoms with van der Waals surface area (Å²) < 4.78 is 2.03. The molecule has 22 heavy (non-hydrogen) atoms. The lowest BCUT2D eigenvalue weighted by atomic mass is 10.0. The molecule has 1 aromatic heterocycles. The number of carbonyl (C=O) groups is 1. The van der Waals surface area contributed by atoms with Crippen molar-refractivity contribution in [3.63, 3.8) is 0 Å². The summed E-state index contributed by atoms with van der Waals surface area (Å²) in [5.41, 5.74) is 3.52. The SMILES string of the molecule is CC(=O)NCC(O)C(O)c1cc(C)n(-c2ccccc2)c1C. The Balaban J connectivity index is 2.28. The average molecular weight is 302 g/mol. The highest BCUT2D eigenvalue weighted by molar-refractivity contribution is 5.72. The van der Waals surface area contributed by atoms with Crippen LogP contribution in [0.3, 0.4) is 0 Å². The second kappa shape index (κ2) is 6.77. The second-order valence-electron chi connectivity index (χ2n) is 5.45. The summed E-state index contributed by atoms with van der Waals surface area (Å²) >= 11 is 0. The van der Waals surface area contributed by atoms with E-state index in [9.17, 15) is 15.0 Å². The number of aliphatic hydroxyl groups is 2. The van der Waals surface area contributed by atoms with E-state index in [4.69, 9.17) is 0 Å². The summed E-state index contributed by atoms with van der Waals surface area (Å²) in [4.78, 5) is 10.9. The van der Waals surface area contributed by atoms with Crippen molar-refractivity contribution >= 4 is 5.91 Å². The first-order valence-electron chi connectivity index (χ1n) is 7.26. The molecular weight excluding hydrogens is 280 g/mol. The predicted octanol–water partition coefficient (Wildman–Crippen LogP) is 1.62. The van der Waals surface area contributed by atoms with Crippen LogP contribution in [0.5, 0.6) is 0 Å². The minimum atomic E-state index is -1.05. The Hall–Kier alpha value is -2.11. The highest BCUT2D eigenvalue weighted by atomic mass is 16.3. The third-order valence-electron chi connectivity index (χ3n) is 3.73. The van der Waals surface area contributed by atoms with Crippen molar-refractivity contribution in [3.8, 4) is 5.69 Å². The van der Waals surface area contributed by atoms with Gasteiger partial charge in [0.15, 0.2) is 0 Å². The van der Waals surface area contributed by atoms with Gasteiger partial charge in [-0.3, -0.25) is 4.79 Å². The van der Waals surface area contributed by atoms with Gasteiger partial charge in [0.25, 0.3) is 0 Å². The van der Waals surface area contributed by atoms with Gasteiger partial charge in [0.1, 0.15) is 12.2 Å². The summed E-state index contributed by atoms with van der Waals surface area (Å²) in [6, 6.07) is 11.7. The molecule has 0 aliphatic rings. The Morgan fingerprint density at radius 2 is 1.86 bits per heavy atom. The van der Waals surface area contributed by atoms with Crippen LogP contribution >= 0.6 is 0 Å². The van der Waals surface area contributed by atoms with Gasteiger partial charge in [0.2, 0.25) is 5.91 Å². The highest BCUT2D eigenvalue weighted by Gasteiger charge is 2.23. The molecular formula is C17H22N2O3. The number of aliphatic hydroxyl groups excluding tert-OH is 2. The zero-order valence-corrected chi connectivity index (χ0v) is 13.1. The molecule has 118 valence electrons. The van der Waals surface area contributed by atoms with Crippen LogP contribution < -0.4 is 5.32 Å². The van der Waals surface area contributed by atoms with Crippen LogP contribution in [0.25, 0.3) is 5.69 Å². The lowest BCUT2D eigenvalue weighted by Crippen LogP contribution is -2.34. The number of hydrogen-bond donors (Lipinski definition) is 3. The Morgan fingerprint density at radius 1 is 1.23 bits per heavy atom. The summed E-state index contributed by atoms with van der Waals surface area (Å²) in [5.74, 6) is -0.235. The summed E-state index contributed by atoms with van der Waals surface area (Å²) in [7, 11) is 0. The standard InChI is InChI=1S/C17H22N2O3/c1-11-9-15(17(22)16(21)10-18-13(3)20)12(2)19(11)14-7-5-4-6-8-14/h4-9,16-17,21-22H,10H2,1-3H3,(H,18,20). The van der Waals surface area contributed by atoms with Crippen LogP contribution in [0.4, 0.5) is 0 Å². The van der Waals surface area contributed by atoms with Crippen molar-refractivity contribution in [2.24, 2.45) is 0 Å². The van der Waals surface area contributed by atoms with Crippen LogP contribution in [-0.4, -0.2) is 33.3 Å². The molecule has 0 spiro atoms. The lowest BCUT2D eigenvalue weighted by Gasteiger charge is -2.18. The number of amides is 1. The molecule has 0 saturated heterocycles. The maximum Gasteiger partial charge on any atom is 0.216 e. The number of nitrogens with zero attached hydrogens (tertiary/aromatic N) is 1. The minimum Gasteiger partial charge on any atom is -0.388 e. The third-order valence-corrected chi connectivity index (χ3v) is 3.73. The molecule has 1 aromatic carbocycles. The van der Waals surface area contributed by atoms with Gasteiger partial charge >= 0.3 is 0 Å². The van der Waals surface area contributed by atoms with E-state index in [1.54, 1.807) is 0 Å². The molecule has 1 amide bonds. The molecule has 0 saturated carbocycles. The van der Waals surface area contributed by atoms with Gasteiger partial charge in [-0.1, -0.05) is 18.2 Å². The van der Waals surface area contributed by atoms with Gasteiger partial charge in [0, 0.05) is 36.1 Å². The number of carbonyl (C=O) groups excluding carboxylic acids is 1. The van der Waals surface area contributed by atoms with Crippen molar-refractivity contribution in [1.82, 2.24) is 9.88 Å². The molecule has 0 aliphatic heterocycles. The van der Waals surface area contributed by atoms with Crippen LogP contribution in [0.2, 0.25) is 0 Å². The molecule has 0 aliphatic carbocycles. The van der Waals surface area contributed by atoms with Gasteiger partial charge in [-0.25, -0.2) is 0 Å². The Morgan fingerprint density at radius 3 is 2.45 bits per heavy atom. The molecule has 2 aromatic rings. The third kappa shape index (κ3) is 3.37. The first-order valence-corrected chi connectivity index (χ1v) is 7.26. The highest BCUT2D eigenvalue weighted by Crippen LogP contribution is 2.27. The Bertz CT molecular complexity index is 649. The fourth-order valence-corrected chi connectivity index (χ4v) is 2.63. The van der Waals surface area contributed by atoms with E-state index in [0.29, 0.717) is 5.56 Å². The van der Waals surface area contributed by atoms with Gasteiger partial charge in [-0.2, -0.15) is 0 Å². The zero-order chi connectivity index (χ0) is 16.3. The van der Waals surface area contributed by atoms with E-state index in [1.165, 1.54) is 6.92 Å². The van der Waals surface area contributed by atoms with E-state index in [0.717, 1.165) is 17.1 Å². The van der Waals surface area contributed by atoms with Crippen LogP contribution in [-0.2, 0) is 4.79 Å². The van der Waals surface area contributed by atoms with E-state index >= 15 is 0 Å². The molecule has 1 heterocycles. The van der Waals surface area contributed by atoms with Crippen molar-refractivity contribution in [1.29, 1.82) is 0 Å². The van der Waals surface area contributed by atoms with Gasteiger partial charge in [-0.15, -0.1) is 0 Å². The van der Waals surface area contributed by atoms with Crippen LogP contribution in [0.1, 0.15) is 30.0 Å². The molecule has 0 radical (unpaired) electrons. The van der Waals surface area contributed by atoms with Crippen molar-refractivity contribution in [2.45, 2.75) is 33.0 Å². The van der Waals surface area contributed by atoms with E-state index in [1.807, 2.05) is 54.8 Å². The first kappa shape index (κ1) is 16.3. The average Bonchev–Trinajstić information content (AvgIpc) is 2.79. The molecule has 5 nitrogen and oxygen atoms in total. The summed E-state index contributed by atoms with van der Waals surface area (Å²) in [6.45, 7) is 5.26. The van der Waals surface area contributed by atoms with Crippen molar-refractivity contribution in [3.05, 3.63) is 53.3 Å². The Labute approximate surface area is 130 Å². The molecule has 2 rings (SSSR count). The van der Waals surface area contributed by atoms with E-state index in [-0.39, 0.29) is 12.5 Å². The smallest absolute Gasteiger partial charge is 0.216 e. The minimum absolute atomic E-state index is 0.0193. The molecule has 2 unspecified atom stereocenters. The van der Waals surface area contributed by atoms with Crippen LogP contribution in [0, 0.1) is 13.8 Å². The molecule has 2 atom stereocenters. The van der Waals surface area contributed by atoms with Gasteiger partial charge in [-0.05, 0) is 32.0 Å². The van der Waals surface area contributed by atoms with Crippen molar-refractivity contribution < 1.29 is 15.0 Å². The van der Waals surface area contributed by atoms with E-state index in [2.05, 4.69) is 5.32 Å². The van der Waals surface area contributed by atoms with Gasteiger partial charge in [0.05, 0.1) is 0 Å². The monoisotopic (exact) mass is 302 g/mol. The summed E-state index contributed by atoms with van der Waals surface area (Å²) in [5, 5.41) is 22.9. The topological polar surface area (TPSA) is 74.5 Å². The number of aryl methyl sites for hydroxylation is 1. The Kier molecular flexibility index (Phi) is 5.00. The van der Waals surface area contributed by atoms with Crippen LogP contribution in [0.15, 0.2) is 36.4 Å². The number of para-hydroxylation sites is 1. The molecule has 3 N–H and O–H groups in total. The van der Waals surface area contributed by atoms with E-state index < -0.39 is 12.2 Å². The maximum absolute atomic E-state index is 10.9. The number of hydrogen-bond acceptors (Lipinski definition) is 3. The first-order chi connectivity index (χ1) is 10.4. The largest absolute Gasteiger partial charge is 0.388 e. The fourth-order valence-electron chi connectivity index (χ4n) is 2.63. The predicted molar refractivity (Wildman–Crippen MR) is 84.9 cm³/mol. The second-order valence-corrected chi connectivity index (χ2v) is 5.45. The molecule has 0 bridgehead atoms. The molecule has 5 heteroatoms. The normalized spacial score (nSPS) is 13.7. The fraction of sp³-hybridized carbons (Fsp3) is 0.353.